The molecule has 1 heterocycles. The zero-order valence-electron chi connectivity index (χ0n) is 16.0. The molecule has 0 radical (unpaired) electrons. The Labute approximate surface area is 171 Å². The molecular formula is C21H18N2O7. The third-order valence-corrected chi connectivity index (χ3v) is 4.35. The van der Waals surface area contributed by atoms with Gasteiger partial charge in [-0.25, -0.2) is 4.79 Å². The third-order valence-electron chi connectivity index (χ3n) is 4.35. The summed E-state index contributed by atoms with van der Waals surface area (Å²) in [7, 11) is 1.25. The summed E-state index contributed by atoms with van der Waals surface area (Å²) in [6.07, 6.45) is -0.240. The molecule has 0 spiro atoms. The van der Waals surface area contributed by atoms with E-state index in [4.69, 9.17) is 4.74 Å². The van der Waals surface area contributed by atoms with Gasteiger partial charge in [-0.2, -0.15) is 0 Å². The minimum Gasteiger partial charge on any atom is -0.465 e. The largest absolute Gasteiger partial charge is 0.465 e. The van der Waals surface area contributed by atoms with E-state index in [1.807, 2.05) is 0 Å². The monoisotopic (exact) mass is 410 g/mol. The molecule has 3 amide bonds. The second kappa shape index (κ2) is 8.99. The van der Waals surface area contributed by atoms with Gasteiger partial charge in [0.15, 0.2) is 6.61 Å². The lowest BCUT2D eigenvalue weighted by atomic mass is 10.1. The molecule has 0 bridgehead atoms. The predicted molar refractivity (Wildman–Crippen MR) is 104 cm³/mol. The molecular weight excluding hydrogens is 392 g/mol. The minimum atomic E-state index is -0.731. The van der Waals surface area contributed by atoms with Crippen molar-refractivity contribution in [2.24, 2.45) is 0 Å². The molecule has 9 heteroatoms. The van der Waals surface area contributed by atoms with Crippen molar-refractivity contribution in [3.63, 3.8) is 0 Å². The summed E-state index contributed by atoms with van der Waals surface area (Å²) in [6, 6.07) is 12.5. The minimum absolute atomic E-state index is 0.145. The Bertz CT molecular complexity index is 997. The number of esters is 2. The molecule has 30 heavy (non-hydrogen) atoms. The van der Waals surface area contributed by atoms with Crippen molar-refractivity contribution in [2.45, 2.75) is 6.42 Å². The Morgan fingerprint density at radius 2 is 1.63 bits per heavy atom. The van der Waals surface area contributed by atoms with Crippen LogP contribution in [0, 0.1) is 0 Å². The lowest BCUT2D eigenvalue weighted by Crippen LogP contribution is -2.32. The number of imide groups is 1. The standard InChI is InChI=1S/C21H18N2O7/c1-29-21(28)13-5-4-6-14(11-13)22-17(24)12-30-18(25)9-10-23-19(26)15-7-2-3-8-16(15)20(23)27/h2-8,11H,9-10,12H2,1H3,(H,22,24). The highest BCUT2D eigenvalue weighted by molar-refractivity contribution is 6.21. The van der Waals surface area contributed by atoms with Gasteiger partial charge in [-0.05, 0) is 30.3 Å². The first-order valence-corrected chi connectivity index (χ1v) is 9.00. The van der Waals surface area contributed by atoms with Crippen molar-refractivity contribution >= 4 is 35.3 Å². The Morgan fingerprint density at radius 1 is 0.967 bits per heavy atom. The van der Waals surface area contributed by atoms with Crippen LogP contribution in [0.5, 0.6) is 0 Å². The molecule has 154 valence electrons. The average Bonchev–Trinajstić information content (AvgIpc) is 3.00. The second-order valence-electron chi connectivity index (χ2n) is 6.34. The molecule has 1 aliphatic rings. The van der Waals surface area contributed by atoms with Crippen LogP contribution in [0.25, 0.3) is 0 Å². The quantitative estimate of drug-likeness (QED) is 0.544. The molecule has 0 unspecified atom stereocenters. The van der Waals surface area contributed by atoms with E-state index in [0.717, 1.165) is 4.90 Å². The van der Waals surface area contributed by atoms with Crippen LogP contribution in [-0.2, 0) is 19.1 Å². The predicted octanol–water partition coefficient (Wildman–Crippen LogP) is 1.64. The molecule has 1 aliphatic heterocycles. The van der Waals surface area contributed by atoms with Gasteiger partial charge >= 0.3 is 11.9 Å². The Hall–Kier alpha value is -4.01. The number of ether oxygens (including phenoxy) is 2. The van der Waals surface area contributed by atoms with Crippen LogP contribution in [0.1, 0.15) is 37.5 Å². The van der Waals surface area contributed by atoms with Gasteiger partial charge in [-0.3, -0.25) is 24.1 Å². The Morgan fingerprint density at radius 3 is 2.27 bits per heavy atom. The number of fused-ring (bicyclic) bond motifs is 1. The topological polar surface area (TPSA) is 119 Å². The van der Waals surface area contributed by atoms with Crippen LogP contribution in [0.2, 0.25) is 0 Å². The van der Waals surface area contributed by atoms with Gasteiger partial charge in [0.1, 0.15) is 0 Å². The number of amides is 3. The van der Waals surface area contributed by atoms with E-state index >= 15 is 0 Å². The van der Waals surface area contributed by atoms with Crippen LogP contribution < -0.4 is 5.32 Å². The zero-order chi connectivity index (χ0) is 21.7. The SMILES string of the molecule is COC(=O)c1cccc(NC(=O)COC(=O)CCN2C(=O)c3ccccc3C2=O)c1. The van der Waals surface area contributed by atoms with Crippen LogP contribution in [0.15, 0.2) is 48.5 Å². The van der Waals surface area contributed by atoms with E-state index in [1.54, 1.807) is 36.4 Å². The van der Waals surface area contributed by atoms with Crippen molar-refractivity contribution < 1.29 is 33.4 Å². The molecule has 0 atom stereocenters. The maximum absolute atomic E-state index is 12.2. The first-order chi connectivity index (χ1) is 14.4. The van der Waals surface area contributed by atoms with Crippen LogP contribution in [-0.4, -0.2) is 54.8 Å². The van der Waals surface area contributed by atoms with Gasteiger partial charge < -0.3 is 14.8 Å². The first kappa shape index (κ1) is 20.7. The lowest BCUT2D eigenvalue weighted by Gasteiger charge is -2.13. The second-order valence-corrected chi connectivity index (χ2v) is 6.34. The number of carbonyl (C=O) groups excluding carboxylic acids is 5. The van der Waals surface area contributed by atoms with E-state index in [2.05, 4.69) is 10.1 Å². The highest BCUT2D eigenvalue weighted by atomic mass is 16.5. The fourth-order valence-corrected chi connectivity index (χ4v) is 2.90. The number of carbonyl (C=O) groups is 5. The van der Waals surface area contributed by atoms with E-state index in [1.165, 1.54) is 19.2 Å². The first-order valence-electron chi connectivity index (χ1n) is 9.00. The molecule has 2 aromatic carbocycles. The molecule has 0 saturated heterocycles. The number of nitrogens with zero attached hydrogens (tertiary/aromatic N) is 1. The number of hydrogen-bond acceptors (Lipinski definition) is 7. The summed E-state index contributed by atoms with van der Waals surface area (Å²) >= 11 is 0. The lowest BCUT2D eigenvalue weighted by molar-refractivity contribution is -0.147. The highest BCUT2D eigenvalue weighted by Gasteiger charge is 2.35. The van der Waals surface area contributed by atoms with Gasteiger partial charge in [-0.15, -0.1) is 0 Å². The summed E-state index contributed by atoms with van der Waals surface area (Å²) in [5.41, 5.74) is 1.19. The summed E-state index contributed by atoms with van der Waals surface area (Å²) < 4.78 is 9.50. The third kappa shape index (κ3) is 4.52. The van der Waals surface area contributed by atoms with Crippen LogP contribution >= 0.6 is 0 Å². The Balaban J connectivity index is 1.46. The number of anilines is 1. The van der Waals surface area contributed by atoms with Crippen molar-refractivity contribution in [1.29, 1.82) is 0 Å². The van der Waals surface area contributed by atoms with E-state index < -0.39 is 36.3 Å². The molecule has 0 saturated carbocycles. The summed E-state index contributed by atoms with van der Waals surface area (Å²) in [6.45, 7) is -0.697. The molecule has 1 N–H and O–H groups in total. The van der Waals surface area contributed by atoms with E-state index in [9.17, 15) is 24.0 Å². The van der Waals surface area contributed by atoms with Crippen molar-refractivity contribution in [3.05, 3.63) is 65.2 Å². The van der Waals surface area contributed by atoms with E-state index in [-0.39, 0.29) is 18.5 Å². The summed E-state index contributed by atoms with van der Waals surface area (Å²) in [5.74, 6) is -2.82. The van der Waals surface area contributed by atoms with E-state index in [0.29, 0.717) is 16.8 Å². The van der Waals surface area contributed by atoms with Crippen molar-refractivity contribution in [3.8, 4) is 0 Å². The summed E-state index contributed by atoms with van der Waals surface area (Å²) in [4.78, 5) is 60.8. The van der Waals surface area contributed by atoms with Gasteiger partial charge in [-0.1, -0.05) is 18.2 Å². The molecule has 0 aromatic heterocycles. The number of methoxy groups -OCH3 is 1. The Kier molecular flexibility index (Phi) is 6.21. The van der Waals surface area contributed by atoms with Crippen molar-refractivity contribution in [1.82, 2.24) is 4.90 Å². The van der Waals surface area contributed by atoms with Crippen LogP contribution in [0.3, 0.4) is 0 Å². The maximum Gasteiger partial charge on any atom is 0.337 e. The number of nitrogens with one attached hydrogen (secondary N) is 1. The fourth-order valence-electron chi connectivity index (χ4n) is 2.90. The molecule has 9 nitrogen and oxygen atoms in total. The zero-order valence-corrected chi connectivity index (χ0v) is 16.0. The van der Waals surface area contributed by atoms with Gasteiger partial charge in [0.25, 0.3) is 17.7 Å². The number of hydrogen-bond donors (Lipinski definition) is 1. The molecule has 0 fully saturated rings. The van der Waals surface area contributed by atoms with Crippen molar-refractivity contribution in [2.75, 3.05) is 25.6 Å². The van der Waals surface area contributed by atoms with Crippen LogP contribution in [0.4, 0.5) is 5.69 Å². The molecule has 2 aromatic rings. The average molecular weight is 410 g/mol. The number of rotatable bonds is 7. The van der Waals surface area contributed by atoms with Gasteiger partial charge in [0.2, 0.25) is 0 Å². The number of benzene rings is 2. The smallest absolute Gasteiger partial charge is 0.337 e. The fraction of sp³-hybridized carbons (Fsp3) is 0.190. The summed E-state index contributed by atoms with van der Waals surface area (Å²) in [5, 5.41) is 2.50. The molecule has 3 rings (SSSR count). The highest BCUT2D eigenvalue weighted by Crippen LogP contribution is 2.22. The van der Waals surface area contributed by atoms with Gasteiger partial charge in [0, 0.05) is 12.2 Å². The maximum atomic E-state index is 12.2. The molecule has 0 aliphatic carbocycles. The van der Waals surface area contributed by atoms with Gasteiger partial charge in [0.05, 0.1) is 30.2 Å². The normalized spacial score (nSPS) is 12.4.